The lowest BCUT2D eigenvalue weighted by atomic mass is 9.98. The third-order valence-corrected chi connectivity index (χ3v) is 8.53. The van der Waals surface area contributed by atoms with Crippen LogP contribution in [-0.2, 0) is 0 Å². The average Bonchev–Trinajstić information content (AvgIpc) is 2.76. The molecule has 0 saturated carbocycles. The van der Waals surface area contributed by atoms with Gasteiger partial charge in [0.15, 0.2) is 0 Å². The summed E-state index contributed by atoms with van der Waals surface area (Å²) in [6.07, 6.45) is 0. The molecule has 4 aromatic rings. The molecule has 0 aliphatic carbocycles. The number of rotatable bonds is 5. The van der Waals surface area contributed by atoms with E-state index in [4.69, 9.17) is 0 Å². The number of hydrogen-bond donors (Lipinski definition) is 0. The Morgan fingerprint density at radius 1 is 0.571 bits per heavy atom. The Kier molecular flexibility index (Phi) is 5.54. The number of hydrogen-bond acceptors (Lipinski definition) is 0. The van der Waals surface area contributed by atoms with Crippen LogP contribution in [0.15, 0.2) is 109 Å². The lowest BCUT2D eigenvalue weighted by molar-refractivity contribution is 1.04. The zero-order valence-electron chi connectivity index (χ0n) is 16.5. The normalized spacial score (nSPS) is 12.1. The summed E-state index contributed by atoms with van der Waals surface area (Å²) in [6, 6.07) is 39.7. The molecule has 0 aromatic heterocycles. The maximum atomic E-state index is 2.40. The van der Waals surface area contributed by atoms with Crippen molar-refractivity contribution in [2.75, 3.05) is 0 Å². The molecule has 137 valence electrons. The number of aryl methyl sites for hydroxylation is 1. The molecule has 1 heteroatoms. The first-order valence-electron chi connectivity index (χ1n) is 9.87. The van der Waals surface area contributed by atoms with Crippen molar-refractivity contribution in [3.8, 4) is 11.1 Å². The van der Waals surface area contributed by atoms with Crippen LogP contribution >= 0.6 is 0 Å². The zero-order valence-corrected chi connectivity index (χ0v) is 17.5. The standard InChI is InChI=1S/C27H25Si/c1-21-20-24(23-12-6-3-7-13-23)18-19-27(21)22(2)28(25-14-8-4-9-15-25)26-16-10-5-11-17-26/h3-20,22H,1-2H3. The Bertz CT molecular complexity index is 984. The average molecular weight is 378 g/mol. The van der Waals surface area contributed by atoms with Crippen LogP contribution in [0, 0.1) is 6.92 Å². The number of benzene rings is 4. The minimum atomic E-state index is -0.929. The molecule has 0 spiro atoms. The Hall–Kier alpha value is -2.90. The van der Waals surface area contributed by atoms with Crippen LogP contribution in [0.3, 0.4) is 0 Å². The minimum absolute atomic E-state index is 0.486. The quantitative estimate of drug-likeness (QED) is 0.396. The Morgan fingerprint density at radius 2 is 1.07 bits per heavy atom. The van der Waals surface area contributed by atoms with Gasteiger partial charge >= 0.3 is 0 Å². The van der Waals surface area contributed by atoms with Gasteiger partial charge in [-0.05, 0) is 34.7 Å². The lowest BCUT2D eigenvalue weighted by Gasteiger charge is -2.25. The monoisotopic (exact) mass is 377 g/mol. The molecule has 0 nitrogen and oxygen atoms in total. The van der Waals surface area contributed by atoms with E-state index in [-0.39, 0.29) is 0 Å². The molecule has 28 heavy (non-hydrogen) atoms. The van der Waals surface area contributed by atoms with Gasteiger partial charge < -0.3 is 0 Å². The molecule has 0 fully saturated rings. The van der Waals surface area contributed by atoms with Crippen LogP contribution < -0.4 is 10.4 Å². The molecule has 0 saturated heterocycles. The van der Waals surface area contributed by atoms with Crippen molar-refractivity contribution in [2.24, 2.45) is 0 Å². The van der Waals surface area contributed by atoms with Gasteiger partial charge in [0.05, 0.1) is 0 Å². The van der Waals surface area contributed by atoms with Crippen LogP contribution in [0.4, 0.5) is 0 Å². The highest BCUT2D eigenvalue weighted by Gasteiger charge is 2.26. The fourth-order valence-electron chi connectivity index (χ4n) is 4.03. The van der Waals surface area contributed by atoms with Crippen LogP contribution in [0.1, 0.15) is 23.6 Å². The molecule has 1 unspecified atom stereocenters. The Balaban J connectivity index is 1.74. The van der Waals surface area contributed by atoms with Crippen LogP contribution in [0.25, 0.3) is 11.1 Å². The molecule has 0 heterocycles. The van der Waals surface area contributed by atoms with E-state index in [2.05, 4.69) is 123 Å². The fraction of sp³-hybridized carbons (Fsp3) is 0.111. The summed E-state index contributed by atoms with van der Waals surface area (Å²) in [5.74, 6) is 0. The molecule has 0 N–H and O–H groups in total. The fourth-order valence-corrected chi connectivity index (χ4v) is 7.10. The van der Waals surface area contributed by atoms with E-state index < -0.39 is 8.80 Å². The van der Waals surface area contributed by atoms with Crippen molar-refractivity contribution < 1.29 is 0 Å². The van der Waals surface area contributed by atoms with Gasteiger partial charge in [0.25, 0.3) is 0 Å². The van der Waals surface area contributed by atoms with E-state index >= 15 is 0 Å². The van der Waals surface area contributed by atoms with Gasteiger partial charge in [-0.2, -0.15) is 0 Å². The third-order valence-electron chi connectivity index (χ3n) is 5.45. The maximum Gasteiger partial charge on any atom is 0.128 e. The van der Waals surface area contributed by atoms with Crippen molar-refractivity contribution >= 4 is 19.2 Å². The van der Waals surface area contributed by atoms with E-state index in [0.29, 0.717) is 5.54 Å². The summed E-state index contributed by atoms with van der Waals surface area (Å²) in [6.45, 7) is 4.66. The van der Waals surface area contributed by atoms with Gasteiger partial charge in [0.1, 0.15) is 8.80 Å². The third kappa shape index (κ3) is 3.85. The summed E-state index contributed by atoms with van der Waals surface area (Å²) in [4.78, 5) is 0. The van der Waals surface area contributed by atoms with Crippen LogP contribution in [-0.4, -0.2) is 8.80 Å². The van der Waals surface area contributed by atoms with E-state index in [1.165, 1.54) is 32.6 Å². The zero-order chi connectivity index (χ0) is 19.3. The molecular formula is C27H25Si. The van der Waals surface area contributed by atoms with Gasteiger partial charge in [0.2, 0.25) is 0 Å². The van der Waals surface area contributed by atoms with Gasteiger partial charge in [-0.3, -0.25) is 0 Å². The van der Waals surface area contributed by atoms with E-state index in [1.807, 2.05) is 0 Å². The van der Waals surface area contributed by atoms with Crippen LogP contribution in [0.5, 0.6) is 0 Å². The van der Waals surface area contributed by atoms with Crippen molar-refractivity contribution in [3.05, 3.63) is 120 Å². The molecule has 4 aromatic carbocycles. The summed E-state index contributed by atoms with van der Waals surface area (Å²) in [7, 11) is -0.929. The second-order valence-electron chi connectivity index (χ2n) is 7.30. The first kappa shape index (κ1) is 18.5. The Labute approximate surface area is 170 Å². The molecule has 1 radical (unpaired) electrons. The van der Waals surface area contributed by atoms with E-state index in [1.54, 1.807) is 0 Å². The largest absolute Gasteiger partial charge is 0.128 e. The van der Waals surface area contributed by atoms with Gasteiger partial charge in [-0.15, -0.1) is 0 Å². The molecule has 4 rings (SSSR count). The maximum absolute atomic E-state index is 2.40. The predicted molar refractivity (Wildman–Crippen MR) is 123 cm³/mol. The Morgan fingerprint density at radius 3 is 1.57 bits per heavy atom. The second-order valence-corrected chi connectivity index (χ2v) is 10.2. The van der Waals surface area contributed by atoms with Crippen molar-refractivity contribution in [2.45, 2.75) is 19.4 Å². The molecule has 0 aliphatic heterocycles. The first-order chi connectivity index (χ1) is 13.7. The highest BCUT2D eigenvalue weighted by atomic mass is 28.3. The van der Waals surface area contributed by atoms with Crippen molar-refractivity contribution in [1.82, 2.24) is 0 Å². The lowest BCUT2D eigenvalue weighted by Crippen LogP contribution is -2.46. The van der Waals surface area contributed by atoms with Crippen LogP contribution in [0.2, 0.25) is 0 Å². The van der Waals surface area contributed by atoms with Crippen molar-refractivity contribution in [3.63, 3.8) is 0 Å². The molecule has 0 aliphatic rings. The second kappa shape index (κ2) is 8.41. The SMILES string of the molecule is Cc1cc(-c2ccccc2)ccc1C(C)[Si](c1ccccc1)c1ccccc1. The smallest absolute Gasteiger partial charge is 0.0628 e. The van der Waals surface area contributed by atoms with E-state index in [9.17, 15) is 0 Å². The topological polar surface area (TPSA) is 0 Å². The summed E-state index contributed by atoms with van der Waals surface area (Å²) >= 11 is 0. The highest BCUT2D eigenvalue weighted by Crippen LogP contribution is 2.27. The highest BCUT2D eigenvalue weighted by molar-refractivity contribution is 6.86. The predicted octanol–water partition coefficient (Wildman–Crippen LogP) is 5.61. The van der Waals surface area contributed by atoms with Gasteiger partial charge in [-0.1, -0.05) is 126 Å². The molecular weight excluding hydrogens is 352 g/mol. The first-order valence-corrected chi connectivity index (χ1v) is 11.5. The van der Waals surface area contributed by atoms with Gasteiger partial charge in [0, 0.05) is 0 Å². The summed E-state index contributed by atoms with van der Waals surface area (Å²) in [5, 5.41) is 2.94. The van der Waals surface area contributed by atoms with E-state index in [0.717, 1.165) is 0 Å². The molecule has 1 atom stereocenters. The molecule has 0 bridgehead atoms. The summed E-state index contributed by atoms with van der Waals surface area (Å²) < 4.78 is 0. The minimum Gasteiger partial charge on any atom is -0.0628 e. The van der Waals surface area contributed by atoms with Crippen molar-refractivity contribution in [1.29, 1.82) is 0 Å². The van der Waals surface area contributed by atoms with Gasteiger partial charge in [-0.25, -0.2) is 0 Å². The summed E-state index contributed by atoms with van der Waals surface area (Å²) in [5.41, 5.74) is 5.90. The molecule has 0 amide bonds.